The average Bonchev–Trinajstić information content (AvgIpc) is 3.11. The highest BCUT2D eigenvalue weighted by atomic mass is 16.3. The monoisotopic (exact) mass is 335 g/mol. The molecular weight excluding hydrogens is 314 g/mol. The minimum atomic E-state index is -0.165. The van der Waals surface area contributed by atoms with Crippen molar-refractivity contribution in [3.05, 3.63) is 66.4 Å². The second-order valence-electron chi connectivity index (χ2n) is 6.25. The van der Waals surface area contributed by atoms with E-state index in [0.29, 0.717) is 12.4 Å². The van der Waals surface area contributed by atoms with Crippen LogP contribution in [0.3, 0.4) is 0 Å². The lowest BCUT2D eigenvalue weighted by Crippen LogP contribution is -2.50. The van der Waals surface area contributed by atoms with Gasteiger partial charge >= 0.3 is 0 Å². The number of nitrogens with one attached hydrogen (secondary N) is 1. The van der Waals surface area contributed by atoms with Crippen LogP contribution in [-0.2, 0) is 0 Å². The minimum Gasteiger partial charge on any atom is -0.451 e. The first-order chi connectivity index (χ1) is 12.3. The number of para-hydroxylation sites is 2. The molecule has 0 aliphatic carbocycles. The molecule has 25 heavy (non-hydrogen) atoms. The van der Waals surface area contributed by atoms with Gasteiger partial charge in [-0.3, -0.25) is 9.69 Å². The molecule has 1 fully saturated rings. The summed E-state index contributed by atoms with van der Waals surface area (Å²) in [6.07, 6.45) is 0. The first-order valence-corrected chi connectivity index (χ1v) is 8.59. The Bertz CT molecular complexity index is 819. The molecule has 0 saturated carbocycles. The summed E-state index contributed by atoms with van der Waals surface area (Å²) in [4.78, 5) is 16.9. The van der Waals surface area contributed by atoms with Crippen molar-refractivity contribution in [3.63, 3.8) is 0 Å². The van der Waals surface area contributed by atoms with Gasteiger partial charge in [0.2, 0.25) is 0 Å². The summed E-state index contributed by atoms with van der Waals surface area (Å²) in [5.74, 6) is 0.200. The molecular formula is C20H21N3O2. The fourth-order valence-corrected chi connectivity index (χ4v) is 3.17. The van der Waals surface area contributed by atoms with Gasteiger partial charge < -0.3 is 14.6 Å². The molecule has 1 aromatic heterocycles. The third-order valence-electron chi connectivity index (χ3n) is 4.61. The van der Waals surface area contributed by atoms with Crippen molar-refractivity contribution in [3.8, 4) is 0 Å². The molecule has 0 atom stereocenters. The summed E-state index contributed by atoms with van der Waals surface area (Å²) < 4.78 is 5.61. The lowest BCUT2D eigenvalue weighted by molar-refractivity contribution is 0.0894. The maximum atomic E-state index is 12.3. The fraction of sp³-hybridized carbons (Fsp3) is 0.250. The van der Waals surface area contributed by atoms with Gasteiger partial charge in [-0.05, 0) is 24.3 Å². The van der Waals surface area contributed by atoms with Gasteiger partial charge in [-0.2, -0.15) is 0 Å². The number of fused-ring (bicyclic) bond motifs is 1. The Morgan fingerprint density at radius 3 is 2.44 bits per heavy atom. The number of benzene rings is 2. The third-order valence-corrected chi connectivity index (χ3v) is 4.61. The van der Waals surface area contributed by atoms with Crippen molar-refractivity contribution >= 4 is 22.6 Å². The zero-order valence-electron chi connectivity index (χ0n) is 14.0. The molecule has 1 N–H and O–H groups in total. The zero-order valence-corrected chi connectivity index (χ0v) is 14.0. The van der Waals surface area contributed by atoms with E-state index in [-0.39, 0.29) is 5.91 Å². The van der Waals surface area contributed by atoms with Gasteiger partial charge in [0.15, 0.2) is 5.76 Å². The standard InChI is InChI=1S/C20H21N3O2/c24-20(19-14-16-6-4-5-9-18(16)25-19)21-15-22-10-12-23(13-11-22)17-7-2-1-3-8-17/h1-9,14H,10-13,15H2,(H,21,24). The lowest BCUT2D eigenvalue weighted by Gasteiger charge is -2.36. The number of carbonyl (C=O) groups is 1. The number of hydrogen-bond donors (Lipinski definition) is 1. The molecule has 1 aliphatic rings. The second-order valence-corrected chi connectivity index (χ2v) is 6.25. The molecule has 1 amide bonds. The van der Waals surface area contributed by atoms with Crippen molar-refractivity contribution in [2.45, 2.75) is 0 Å². The highest BCUT2D eigenvalue weighted by Gasteiger charge is 2.18. The van der Waals surface area contributed by atoms with Gasteiger partial charge in [0, 0.05) is 37.3 Å². The van der Waals surface area contributed by atoms with Crippen molar-refractivity contribution in [2.75, 3.05) is 37.7 Å². The summed E-state index contributed by atoms with van der Waals surface area (Å²) in [5, 5.41) is 3.91. The molecule has 0 unspecified atom stereocenters. The molecule has 4 rings (SSSR count). The summed E-state index contributed by atoms with van der Waals surface area (Å²) in [7, 11) is 0. The van der Waals surface area contributed by atoms with Gasteiger partial charge in [-0.15, -0.1) is 0 Å². The second kappa shape index (κ2) is 6.99. The summed E-state index contributed by atoms with van der Waals surface area (Å²) in [6, 6.07) is 19.9. The maximum absolute atomic E-state index is 12.3. The normalized spacial score (nSPS) is 15.4. The van der Waals surface area contributed by atoms with E-state index < -0.39 is 0 Å². The van der Waals surface area contributed by atoms with E-state index >= 15 is 0 Å². The SMILES string of the molecule is O=C(NCN1CCN(c2ccccc2)CC1)c1cc2ccccc2o1. The van der Waals surface area contributed by atoms with Gasteiger partial charge in [0.25, 0.3) is 5.91 Å². The molecule has 5 heteroatoms. The molecule has 3 aromatic rings. The van der Waals surface area contributed by atoms with E-state index in [1.807, 2.05) is 30.3 Å². The highest BCUT2D eigenvalue weighted by Crippen LogP contribution is 2.19. The molecule has 2 aromatic carbocycles. The molecule has 0 spiro atoms. The van der Waals surface area contributed by atoms with E-state index in [9.17, 15) is 4.79 Å². The number of hydrogen-bond acceptors (Lipinski definition) is 4. The van der Waals surface area contributed by atoms with Gasteiger partial charge in [-0.1, -0.05) is 36.4 Å². The zero-order chi connectivity index (χ0) is 17.1. The number of carbonyl (C=O) groups excluding carboxylic acids is 1. The molecule has 5 nitrogen and oxygen atoms in total. The predicted octanol–water partition coefficient (Wildman–Crippen LogP) is 2.94. The van der Waals surface area contributed by atoms with Crippen LogP contribution in [0.2, 0.25) is 0 Å². The Kier molecular flexibility index (Phi) is 4.39. The Labute approximate surface area is 146 Å². The third kappa shape index (κ3) is 3.51. The largest absolute Gasteiger partial charge is 0.451 e. The Hall–Kier alpha value is -2.79. The highest BCUT2D eigenvalue weighted by molar-refractivity contribution is 5.95. The Morgan fingerprint density at radius 1 is 0.960 bits per heavy atom. The van der Waals surface area contributed by atoms with Crippen molar-refractivity contribution in [2.24, 2.45) is 0 Å². The van der Waals surface area contributed by atoms with Crippen LogP contribution in [0.5, 0.6) is 0 Å². The van der Waals surface area contributed by atoms with Crippen LogP contribution >= 0.6 is 0 Å². The number of anilines is 1. The quantitative estimate of drug-likeness (QED) is 0.796. The molecule has 0 radical (unpaired) electrons. The topological polar surface area (TPSA) is 48.7 Å². The van der Waals surface area contributed by atoms with Crippen molar-refractivity contribution < 1.29 is 9.21 Å². The summed E-state index contributed by atoms with van der Waals surface area (Å²) in [5.41, 5.74) is 2.00. The van der Waals surface area contributed by atoms with E-state index in [4.69, 9.17) is 4.42 Å². The van der Waals surface area contributed by atoms with Crippen LogP contribution < -0.4 is 10.2 Å². The first kappa shape index (κ1) is 15.7. The molecule has 1 aliphatic heterocycles. The van der Waals surface area contributed by atoms with Crippen LogP contribution in [0.4, 0.5) is 5.69 Å². The van der Waals surface area contributed by atoms with E-state index in [1.165, 1.54) is 5.69 Å². The number of rotatable bonds is 4. The van der Waals surface area contributed by atoms with Crippen LogP contribution in [-0.4, -0.2) is 43.7 Å². The Balaban J connectivity index is 1.29. The summed E-state index contributed by atoms with van der Waals surface area (Å²) >= 11 is 0. The number of nitrogens with zero attached hydrogens (tertiary/aromatic N) is 2. The van der Waals surface area contributed by atoms with Crippen molar-refractivity contribution in [1.29, 1.82) is 0 Å². The first-order valence-electron chi connectivity index (χ1n) is 8.59. The Morgan fingerprint density at radius 2 is 1.68 bits per heavy atom. The number of amides is 1. The van der Waals surface area contributed by atoms with Gasteiger partial charge in [0.05, 0.1) is 6.67 Å². The van der Waals surface area contributed by atoms with Crippen LogP contribution in [0, 0.1) is 0 Å². The van der Waals surface area contributed by atoms with Crippen molar-refractivity contribution in [1.82, 2.24) is 10.2 Å². The average molecular weight is 335 g/mol. The van der Waals surface area contributed by atoms with Gasteiger partial charge in [-0.25, -0.2) is 0 Å². The molecule has 0 bridgehead atoms. The smallest absolute Gasteiger partial charge is 0.288 e. The minimum absolute atomic E-state index is 0.165. The van der Waals surface area contributed by atoms with Crippen LogP contribution in [0.1, 0.15) is 10.6 Å². The fourth-order valence-electron chi connectivity index (χ4n) is 3.17. The van der Waals surface area contributed by atoms with E-state index in [1.54, 1.807) is 6.07 Å². The van der Waals surface area contributed by atoms with Gasteiger partial charge in [0.1, 0.15) is 5.58 Å². The number of piperazine rings is 1. The summed E-state index contributed by atoms with van der Waals surface area (Å²) in [6.45, 7) is 4.32. The lowest BCUT2D eigenvalue weighted by atomic mass is 10.2. The van der Waals surface area contributed by atoms with E-state index in [0.717, 1.165) is 37.1 Å². The number of furan rings is 1. The molecule has 128 valence electrons. The predicted molar refractivity (Wildman–Crippen MR) is 98.8 cm³/mol. The van der Waals surface area contributed by atoms with E-state index in [2.05, 4.69) is 39.4 Å². The molecule has 1 saturated heterocycles. The van der Waals surface area contributed by atoms with Crippen LogP contribution in [0.25, 0.3) is 11.0 Å². The maximum Gasteiger partial charge on any atom is 0.288 e. The molecule has 2 heterocycles. The van der Waals surface area contributed by atoms with Crippen LogP contribution in [0.15, 0.2) is 65.1 Å².